The second-order valence-electron chi connectivity index (χ2n) is 4.49. The van der Waals surface area contributed by atoms with Gasteiger partial charge in [0.25, 0.3) is 0 Å². The Balaban J connectivity index is 0.00000288. The van der Waals surface area contributed by atoms with E-state index in [1.54, 1.807) is 0 Å². The van der Waals surface area contributed by atoms with E-state index < -0.39 is 29.4 Å². The Morgan fingerprint density at radius 3 is 2.42 bits per heavy atom. The molecule has 2 aromatic rings. The zero-order chi connectivity index (χ0) is 17.0. The van der Waals surface area contributed by atoms with Crippen molar-refractivity contribution >= 4 is 29.7 Å². The first-order valence-corrected chi connectivity index (χ1v) is 6.66. The van der Waals surface area contributed by atoms with Crippen LogP contribution in [0.25, 0.3) is 0 Å². The van der Waals surface area contributed by atoms with Crippen molar-refractivity contribution in [2.45, 2.75) is 12.7 Å². The van der Waals surface area contributed by atoms with Gasteiger partial charge in [-0.3, -0.25) is 0 Å². The van der Waals surface area contributed by atoms with E-state index in [1.165, 1.54) is 24.4 Å². The predicted molar refractivity (Wildman–Crippen MR) is 81.7 cm³/mol. The summed E-state index contributed by atoms with van der Waals surface area (Å²) in [7, 11) is 0. The fourth-order valence-corrected chi connectivity index (χ4v) is 1.78. The van der Waals surface area contributed by atoms with E-state index in [2.05, 4.69) is 15.0 Å². The number of nitrogens with one attached hydrogen (secondary N) is 1. The topological polar surface area (TPSA) is 34.1 Å². The van der Waals surface area contributed by atoms with Gasteiger partial charge in [0.15, 0.2) is 12.4 Å². The molecule has 1 heterocycles. The third-order valence-electron chi connectivity index (χ3n) is 2.70. The number of ether oxygens (including phenoxy) is 1. The van der Waals surface area contributed by atoms with Crippen molar-refractivity contribution in [1.29, 1.82) is 0 Å². The van der Waals surface area contributed by atoms with Gasteiger partial charge in [-0.05, 0) is 17.7 Å². The lowest BCUT2D eigenvalue weighted by Crippen LogP contribution is -2.19. The SMILES string of the molecule is Cl.Fc1ccc(NCc2ccc(OCC(F)(F)F)nc2)c(F)c1Cl. The average Bonchev–Trinajstić information content (AvgIpc) is 2.50. The van der Waals surface area contributed by atoms with Crippen LogP contribution < -0.4 is 10.1 Å². The number of pyridine rings is 1. The zero-order valence-electron chi connectivity index (χ0n) is 11.8. The molecule has 0 amide bonds. The molecular weight excluding hydrogens is 378 g/mol. The maximum atomic E-state index is 13.7. The van der Waals surface area contributed by atoms with Crippen LogP contribution in [-0.2, 0) is 6.54 Å². The predicted octanol–water partition coefficient (Wildman–Crippen LogP) is 4.99. The van der Waals surface area contributed by atoms with Gasteiger partial charge in [0.2, 0.25) is 5.88 Å². The summed E-state index contributed by atoms with van der Waals surface area (Å²) in [4.78, 5) is 3.71. The van der Waals surface area contributed by atoms with Crippen molar-refractivity contribution in [3.63, 3.8) is 0 Å². The highest BCUT2D eigenvalue weighted by atomic mass is 35.5. The molecule has 0 aliphatic heterocycles. The molecular formula is C14H11Cl2F5N2O. The first kappa shape index (κ1) is 20.2. The Kier molecular flexibility index (Phi) is 7.04. The highest BCUT2D eigenvalue weighted by molar-refractivity contribution is 6.31. The molecule has 10 heteroatoms. The molecule has 2 rings (SSSR count). The average molecular weight is 389 g/mol. The maximum Gasteiger partial charge on any atom is 0.422 e. The van der Waals surface area contributed by atoms with Gasteiger partial charge >= 0.3 is 6.18 Å². The summed E-state index contributed by atoms with van der Waals surface area (Å²) in [5.74, 6) is -1.98. The number of halogens is 7. The van der Waals surface area contributed by atoms with Gasteiger partial charge in [0.05, 0.1) is 5.69 Å². The molecule has 0 aliphatic rings. The minimum absolute atomic E-state index is 0. The summed E-state index contributed by atoms with van der Waals surface area (Å²) >= 11 is 5.45. The van der Waals surface area contributed by atoms with Crippen molar-refractivity contribution in [3.8, 4) is 5.88 Å². The first-order valence-electron chi connectivity index (χ1n) is 6.28. The van der Waals surface area contributed by atoms with Gasteiger partial charge in [0.1, 0.15) is 10.8 Å². The molecule has 1 aromatic carbocycles. The van der Waals surface area contributed by atoms with E-state index in [4.69, 9.17) is 11.6 Å². The Morgan fingerprint density at radius 2 is 1.83 bits per heavy atom. The maximum absolute atomic E-state index is 13.7. The van der Waals surface area contributed by atoms with Crippen LogP contribution in [0.4, 0.5) is 27.6 Å². The molecule has 0 fully saturated rings. The molecule has 0 spiro atoms. The van der Waals surface area contributed by atoms with Crippen LogP contribution in [0.2, 0.25) is 5.02 Å². The van der Waals surface area contributed by atoms with Crippen LogP contribution in [0.1, 0.15) is 5.56 Å². The molecule has 0 unspecified atom stereocenters. The summed E-state index contributed by atoms with van der Waals surface area (Å²) in [6, 6.07) is 4.93. The molecule has 0 aliphatic carbocycles. The molecule has 0 bridgehead atoms. The Hall–Kier alpha value is -1.80. The summed E-state index contributed by atoms with van der Waals surface area (Å²) < 4.78 is 67.1. The monoisotopic (exact) mass is 388 g/mol. The van der Waals surface area contributed by atoms with Crippen LogP contribution in [0, 0.1) is 11.6 Å². The van der Waals surface area contributed by atoms with Crippen LogP contribution in [-0.4, -0.2) is 17.8 Å². The van der Waals surface area contributed by atoms with Gasteiger partial charge < -0.3 is 10.1 Å². The molecule has 0 atom stereocenters. The van der Waals surface area contributed by atoms with Crippen LogP contribution >= 0.6 is 24.0 Å². The normalized spacial score (nSPS) is 10.9. The Bertz CT molecular complexity index is 680. The quantitative estimate of drug-likeness (QED) is 0.578. The van der Waals surface area contributed by atoms with Crippen molar-refractivity contribution in [3.05, 3.63) is 52.7 Å². The molecule has 132 valence electrons. The van der Waals surface area contributed by atoms with Crippen molar-refractivity contribution in [2.75, 3.05) is 11.9 Å². The highest BCUT2D eigenvalue weighted by Crippen LogP contribution is 2.25. The van der Waals surface area contributed by atoms with Crippen molar-refractivity contribution in [1.82, 2.24) is 4.98 Å². The van der Waals surface area contributed by atoms with E-state index in [9.17, 15) is 22.0 Å². The van der Waals surface area contributed by atoms with Crippen molar-refractivity contribution in [2.24, 2.45) is 0 Å². The van der Waals surface area contributed by atoms with Gasteiger partial charge in [-0.1, -0.05) is 17.7 Å². The largest absolute Gasteiger partial charge is 0.468 e. The summed E-state index contributed by atoms with van der Waals surface area (Å²) in [5.41, 5.74) is 0.554. The number of alkyl halides is 3. The van der Waals surface area contributed by atoms with E-state index in [-0.39, 0.29) is 30.5 Å². The number of hydrogen-bond donors (Lipinski definition) is 1. The van der Waals surface area contributed by atoms with Crippen LogP contribution in [0.3, 0.4) is 0 Å². The van der Waals surface area contributed by atoms with Gasteiger partial charge in [0, 0.05) is 18.8 Å². The number of nitrogens with zero attached hydrogens (tertiary/aromatic N) is 1. The molecule has 0 radical (unpaired) electrons. The third-order valence-corrected chi connectivity index (χ3v) is 3.05. The third kappa shape index (κ3) is 5.68. The lowest BCUT2D eigenvalue weighted by molar-refractivity contribution is -0.154. The molecule has 1 N–H and O–H groups in total. The van der Waals surface area contributed by atoms with Gasteiger partial charge in [-0.25, -0.2) is 13.8 Å². The minimum Gasteiger partial charge on any atom is -0.468 e. The minimum atomic E-state index is -4.44. The Labute approximate surface area is 145 Å². The lowest BCUT2D eigenvalue weighted by atomic mass is 10.2. The number of benzene rings is 1. The van der Waals surface area contributed by atoms with E-state index in [1.807, 2.05) is 0 Å². The van der Waals surface area contributed by atoms with Crippen LogP contribution in [0.5, 0.6) is 5.88 Å². The summed E-state index contributed by atoms with van der Waals surface area (Å²) in [5, 5.41) is 2.06. The van der Waals surface area contributed by atoms with Crippen molar-refractivity contribution < 1.29 is 26.7 Å². The number of rotatable bonds is 5. The summed E-state index contributed by atoms with van der Waals surface area (Å²) in [6.07, 6.45) is -3.16. The lowest BCUT2D eigenvalue weighted by Gasteiger charge is -2.10. The summed E-state index contributed by atoms with van der Waals surface area (Å²) in [6.45, 7) is -1.32. The molecule has 24 heavy (non-hydrogen) atoms. The second kappa shape index (κ2) is 8.34. The Morgan fingerprint density at radius 1 is 1.12 bits per heavy atom. The molecule has 0 saturated carbocycles. The molecule has 0 saturated heterocycles. The van der Waals surface area contributed by atoms with Gasteiger partial charge in [-0.15, -0.1) is 12.4 Å². The number of aromatic nitrogens is 1. The smallest absolute Gasteiger partial charge is 0.422 e. The molecule has 1 aromatic heterocycles. The second-order valence-corrected chi connectivity index (χ2v) is 4.86. The number of anilines is 1. The molecule has 3 nitrogen and oxygen atoms in total. The van der Waals surface area contributed by atoms with Crippen LogP contribution in [0.15, 0.2) is 30.5 Å². The fraction of sp³-hybridized carbons (Fsp3) is 0.214. The first-order chi connectivity index (χ1) is 10.8. The van der Waals surface area contributed by atoms with E-state index in [0.29, 0.717) is 5.56 Å². The van der Waals surface area contributed by atoms with E-state index in [0.717, 1.165) is 6.07 Å². The zero-order valence-corrected chi connectivity index (χ0v) is 13.4. The fourth-order valence-electron chi connectivity index (χ4n) is 1.62. The standard InChI is InChI=1S/C14H10ClF5N2O.ClH/c15-12-9(16)2-3-10(13(12)17)21-5-8-1-4-11(22-6-8)23-7-14(18,19)20;/h1-4,6,21H,5,7H2;1H. The highest BCUT2D eigenvalue weighted by Gasteiger charge is 2.28. The number of hydrogen-bond acceptors (Lipinski definition) is 3. The van der Waals surface area contributed by atoms with E-state index >= 15 is 0 Å². The van der Waals surface area contributed by atoms with Gasteiger partial charge in [-0.2, -0.15) is 13.2 Å².